The molecule has 2 aromatic heterocycles. The maximum absolute atomic E-state index is 13.7. The van der Waals surface area contributed by atoms with Crippen LogP contribution in [0.25, 0.3) is 0 Å². The number of anilines is 1. The van der Waals surface area contributed by atoms with Crippen molar-refractivity contribution in [3.8, 4) is 0 Å². The molecule has 1 aliphatic carbocycles. The summed E-state index contributed by atoms with van der Waals surface area (Å²) in [6.45, 7) is 3.91. The Morgan fingerprint density at radius 1 is 1.13 bits per heavy atom. The van der Waals surface area contributed by atoms with Crippen molar-refractivity contribution >= 4 is 29.0 Å². The van der Waals surface area contributed by atoms with Crippen LogP contribution in [0, 0.1) is 13.8 Å². The van der Waals surface area contributed by atoms with E-state index >= 15 is 0 Å². The smallest absolute Gasteiger partial charge is 0.280 e. The normalized spacial score (nSPS) is 14.9. The lowest BCUT2D eigenvalue weighted by atomic mass is 10.0. The van der Waals surface area contributed by atoms with Gasteiger partial charge in [-0.3, -0.25) is 19.5 Å². The maximum atomic E-state index is 13.7. The van der Waals surface area contributed by atoms with Crippen molar-refractivity contribution in [2.24, 2.45) is 0 Å². The van der Waals surface area contributed by atoms with Gasteiger partial charge in [0, 0.05) is 29.5 Å². The van der Waals surface area contributed by atoms with E-state index in [1.165, 1.54) is 0 Å². The third kappa shape index (κ3) is 4.64. The fraction of sp³-hybridized carbons (Fsp3) is 0.348. The van der Waals surface area contributed by atoms with Crippen LogP contribution in [0.4, 0.5) is 5.69 Å². The van der Waals surface area contributed by atoms with Crippen molar-refractivity contribution in [3.05, 3.63) is 70.5 Å². The van der Waals surface area contributed by atoms with Gasteiger partial charge in [-0.25, -0.2) is 0 Å². The van der Waals surface area contributed by atoms with E-state index in [-0.39, 0.29) is 23.6 Å². The number of pyridine rings is 1. The molecule has 0 spiro atoms. The molecule has 0 radical (unpaired) electrons. The first-order chi connectivity index (χ1) is 15.0. The van der Waals surface area contributed by atoms with Crippen LogP contribution < -0.4 is 10.2 Å². The number of nitrogens with zero attached hydrogens (tertiary/aromatic N) is 4. The second-order valence-electron chi connectivity index (χ2n) is 7.93. The molecule has 0 saturated heterocycles. The van der Waals surface area contributed by atoms with Crippen LogP contribution in [0.2, 0.25) is 0 Å². The lowest BCUT2D eigenvalue weighted by Gasteiger charge is -2.33. The van der Waals surface area contributed by atoms with Gasteiger partial charge in [0.2, 0.25) is 5.91 Å². The molecule has 8 heteroatoms. The summed E-state index contributed by atoms with van der Waals surface area (Å²) in [4.78, 5) is 32.9. The minimum atomic E-state index is -0.849. The second-order valence-corrected chi connectivity index (χ2v) is 8.54. The molecule has 4 rings (SSSR count). The molecular weight excluding hydrogens is 410 g/mol. The fourth-order valence-corrected chi connectivity index (χ4v) is 4.47. The van der Waals surface area contributed by atoms with Crippen LogP contribution in [-0.2, 0) is 4.79 Å². The van der Waals surface area contributed by atoms with Gasteiger partial charge in [0.05, 0.1) is 0 Å². The van der Waals surface area contributed by atoms with Crippen molar-refractivity contribution in [1.82, 2.24) is 19.9 Å². The van der Waals surface area contributed by atoms with Crippen molar-refractivity contribution in [1.29, 1.82) is 0 Å². The maximum Gasteiger partial charge on any atom is 0.280 e. The van der Waals surface area contributed by atoms with Crippen LogP contribution in [-0.4, -0.2) is 32.4 Å². The number of amides is 2. The van der Waals surface area contributed by atoms with Gasteiger partial charge in [0.15, 0.2) is 5.69 Å². The highest BCUT2D eigenvalue weighted by atomic mass is 32.1. The Bertz CT molecular complexity index is 1050. The van der Waals surface area contributed by atoms with E-state index in [0.717, 1.165) is 48.3 Å². The van der Waals surface area contributed by atoms with Crippen molar-refractivity contribution < 1.29 is 9.59 Å². The van der Waals surface area contributed by atoms with Gasteiger partial charge in [0.1, 0.15) is 6.04 Å². The van der Waals surface area contributed by atoms with E-state index in [9.17, 15) is 9.59 Å². The number of hydrogen-bond acceptors (Lipinski definition) is 6. The molecule has 1 aromatic carbocycles. The molecule has 3 aromatic rings. The second kappa shape index (κ2) is 9.34. The Balaban J connectivity index is 1.83. The number of hydrogen-bond donors (Lipinski definition) is 1. The number of aromatic nitrogens is 3. The third-order valence-corrected chi connectivity index (χ3v) is 6.16. The Hall–Kier alpha value is -3.13. The lowest BCUT2D eigenvalue weighted by Crippen LogP contribution is -2.46. The van der Waals surface area contributed by atoms with E-state index in [2.05, 4.69) is 19.9 Å². The SMILES string of the molecule is Cc1ccc(C)c(N(C(=O)c2csnn2)[C@@H](C(=O)NC2CCCC2)c2ccncc2)c1. The molecule has 1 aliphatic rings. The van der Waals surface area contributed by atoms with Crippen LogP contribution in [0.5, 0.6) is 0 Å². The Morgan fingerprint density at radius 3 is 2.55 bits per heavy atom. The number of rotatable bonds is 6. The van der Waals surface area contributed by atoms with Gasteiger partial charge in [-0.05, 0) is 73.1 Å². The molecule has 1 fully saturated rings. The monoisotopic (exact) mass is 435 g/mol. The summed E-state index contributed by atoms with van der Waals surface area (Å²) in [5.41, 5.74) is 3.50. The minimum absolute atomic E-state index is 0.133. The molecule has 1 atom stereocenters. The van der Waals surface area contributed by atoms with Crippen LogP contribution in [0.15, 0.2) is 48.1 Å². The minimum Gasteiger partial charge on any atom is -0.351 e. The zero-order valence-electron chi connectivity index (χ0n) is 17.6. The van der Waals surface area contributed by atoms with E-state index in [1.807, 2.05) is 32.0 Å². The van der Waals surface area contributed by atoms with Gasteiger partial charge in [0.25, 0.3) is 5.91 Å². The highest BCUT2D eigenvalue weighted by molar-refractivity contribution is 7.03. The molecule has 1 saturated carbocycles. The van der Waals surface area contributed by atoms with Crippen molar-refractivity contribution in [3.63, 3.8) is 0 Å². The summed E-state index contributed by atoms with van der Waals surface area (Å²) in [6.07, 6.45) is 7.41. The fourth-order valence-electron chi connectivity index (χ4n) is 4.04. The summed E-state index contributed by atoms with van der Waals surface area (Å²) in [6, 6.07) is 8.73. The highest BCUT2D eigenvalue weighted by Crippen LogP contribution is 2.33. The van der Waals surface area contributed by atoms with Gasteiger partial charge in [-0.2, -0.15) is 0 Å². The number of aryl methyl sites for hydroxylation is 2. The van der Waals surface area contributed by atoms with Gasteiger partial charge in [-0.1, -0.05) is 29.5 Å². The number of carbonyl (C=O) groups is 2. The van der Waals surface area contributed by atoms with Crippen LogP contribution >= 0.6 is 11.5 Å². The molecular formula is C23H25N5O2S. The van der Waals surface area contributed by atoms with E-state index < -0.39 is 6.04 Å². The highest BCUT2D eigenvalue weighted by Gasteiger charge is 2.36. The number of nitrogens with one attached hydrogen (secondary N) is 1. The predicted octanol–water partition coefficient (Wildman–Crippen LogP) is 4.00. The average Bonchev–Trinajstić information content (AvgIpc) is 3.48. The third-order valence-electron chi connectivity index (χ3n) is 5.65. The lowest BCUT2D eigenvalue weighted by molar-refractivity contribution is -0.123. The molecule has 7 nitrogen and oxygen atoms in total. The van der Waals surface area contributed by atoms with Crippen molar-refractivity contribution in [2.75, 3.05) is 4.90 Å². The van der Waals surface area contributed by atoms with Gasteiger partial charge < -0.3 is 5.32 Å². The summed E-state index contributed by atoms with van der Waals surface area (Å²) in [5, 5.41) is 8.77. The topological polar surface area (TPSA) is 88.1 Å². The van der Waals surface area contributed by atoms with Crippen molar-refractivity contribution in [2.45, 2.75) is 51.6 Å². The predicted molar refractivity (Wildman–Crippen MR) is 120 cm³/mol. The summed E-state index contributed by atoms with van der Waals surface area (Å²) in [7, 11) is 0. The molecule has 0 aliphatic heterocycles. The summed E-state index contributed by atoms with van der Waals surface area (Å²) in [5.74, 6) is -0.554. The average molecular weight is 436 g/mol. The molecule has 31 heavy (non-hydrogen) atoms. The quantitative estimate of drug-likeness (QED) is 0.632. The molecule has 0 bridgehead atoms. The Labute approximate surface area is 185 Å². The number of carbonyl (C=O) groups excluding carboxylic acids is 2. The van der Waals surface area contributed by atoms with E-state index in [4.69, 9.17) is 0 Å². The first-order valence-corrected chi connectivity index (χ1v) is 11.3. The van der Waals surface area contributed by atoms with Crippen LogP contribution in [0.3, 0.4) is 0 Å². The van der Waals surface area contributed by atoms with Gasteiger partial charge in [-0.15, -0.1) is 5.10 Å². The molecule has 160 valence electrons. The zero-order chi connectivity index (χ0) is 21.8. The molecule has 2 heterocycles. The molecule has 1 N–H and O–H groups in total. The molecule has 0 unspecified atom stereocenters. The zero-order valence-corrected chi connectivity index (χ0v) is 18.4. The molecule has 2 amide bonds. The first-order valence-electron chi connectivity index (χ1n) is 10.4. The van der Waals surface area contributed by atoms with Crippen LogP contribution in [0.1, 0.15) is 58.9 Å². The van der Waals surface area contributed by atoms with E-state index in [0.29, 0.717) is 11.3 Å². The van der Waals surface area contributed by atoms with E-state index in [1.54, 1.807) is 34.8 Å². The van der Waals surface area contributed by atoms with Gasteiger partial charge >= 0.3 is 0 Å². The Kier molecular flexibility index (Phi) is 6.36. The standard InChI is InChI=1S/C23H25N5O2S/c1-15-7-8-16(2)20(13-15)28(23(30)19-14-31-27-26-19)21(17-9-11-24-12-10-17)22(29)25-18-5-3-4-6-18/h7-14,18,21H,3-6H2,1-2H3,(H,25,29)/t21-/m1/s1. The summed E-state index contributed by atoms with van der Waals surface area (Å²) < 4.78 is 3.85. The Morgan fingerprint density at radius 2 is 1.87 bits per heavy atom. The largest absolute Gasteiger partial charge is 0.351 e. The first kappa shape index (κ1) is 21.1. The number of benzene rings is 1. The summed E-state index contributed by atoms with van der Waals surface area (Å²) >= 11 is 1.11.